The fraction of sp³-hybridized carbons (Fsp3) is 0.600. The van der Waals surface area contributed by atoms with Gasteiger partial charge in [0.15, 0.2) is 0 Å². The van der Waals surface area contributed by atoms with Crippen LogP contribution >= 0.6 is 0 Å². The molecule has 10 heteroatoms. The van der Waals surface area contributed by atoms with E-state index >= 15 is 0 Å². The molecule has 3 amide bonds. The smallest absolute Gasteiger partial charge is 0.407 e. The molecular weight excluding hydrogens is 572 g/mol. The van der Waals surface area contributed by atoms with Crippen molar-refractivity contribution < 1.29 is 28.6 Å². The molecule has 45 heavy (non-hydrogen) atoms. The second-order valence-corrected chi connectivity index (χ2v) is 13.7. The van der Waals surface area contributed by atoms with Crippen molar-refractivity contribution in [1.82, 2.24) is 20.5 Å². The van der Waals surface area contributed by atoms with Crippen molar-refractivity contribution in [2.75, 3.05) is 20.3 Å². The third kappa shape index (κ3) is 6.60. The predicted molar refractivity (Wildman–Crippen MR) is 170 cm³/mol. The molecule has 4 aliphatic rings. The molecule has 1 aromatic heterocycles. The minimum absolute atomic E-state index is 0.0176. The van der Waals surface area contributed by atoms with E-state index in [1.165, 1.54) is 0 Å². The number of hydrogen-bond acceptors (Lipinski definition) is 7. The van der Waals surface area contributed by atoms with Crippen LogP contribution in [0.3, 0.4) is 0 Å². The Morgan fingerprint density at radius 3 is 2.76 bits per heavy atom. The number of nitrogens with zero attached hydrogens (tertiary/aromatic N) is 2. The predicted octanol–water partition coefficient (Wildman–Crippen LogP) is 4.93. The molecule has 2 saturated carbocycles. The highest BCUT2D eigenvalue weighted by atomic mass is 16.5. The van der Waals surface area contributed by atoms with Crippen molar-refractivity contribution >= 4 is 28.7 Å². The molecule has 6 atom stereocenters. The summed E-state index contributed by atoms with van der Waals surface area (Å²) in [4.78, 5) is 47.5. The van der Waals surface area contributed by atoms with E-state index in [9.17, 15) is 14.4 Å². The summed E-state index contributed by atoms with van der Waals surface area (Å²) in [5.41, 5.74) is 0.666. The third-order valence-corrected chi connectivity index (χ3v) is 10.3. The van der Waals surface area contributed by atoms with Crippen LogP contribution in [0.4, 0.5) is 4.79 Å². The first-order chi connectivity index (χ1) is 21.7. The van der Waals surface area contributed by atoms with Gasteiger partial charge >= 0.3 is 6.09 Å². The Balaban J connectivity index is 1.35. The quantitative estimate of drug-likeness (QED) is 0.456. The molecule has 3 fully saturated rings. The molecular formula is C35H46N4O6. The molecule has 2 aliphatic carbocycles. The fourth-order valence-corrected chi connectivity index (χ4v) is 7.44. The number of carbonyl (C=O) groups is 3. The first-order valence-electron chi connectivity index (χ1n) is 16.5. The number of fused-ring (bicyclic) bond motifs is 3. The average Bonchev–Trinajstić information content (AvgIpc) is 3.38. The maximum absolute atomic E-state index is 14.4. The lowest BCUT2D eigenvalue weighted by atomic mass is 9.96. The standard InChI is InChI=1S/C35H46N4O6/c1-5-25-18-35(25,3)38-31(40)28-17-26-19-39(28)33(41)30(22-10-6-7-11-22)37-34(42)44-20-21(2)9-8-12-24-15-27-23(16-29(24)43-4)13-14-36-32(27)45-26/h5,13-16,21-22,25-26,28,30H,1,6-12,17-20H2,2-4H3,(H,37,42)(H,38,40)/t21-,25?,26+,28-,30-,35?/m0/s1. The molecule has 2 aliphatic heterocycles. The lowest BCUT2D eigenvalue weighted by Gasteiger charge is -2.31. The summed E-state index contributed by atoms with van der Waals surface area (Å²) in [7, 11) is 1.67. The van der Waals surface area contributed by atoms with Crippen molar-refractivity contribution in [2.24, 2.45) is 17.8 Å². The molecule has 242 valence electrons. The highest BCUT2D eigenvalue weighted by Gasteiger charge is 2.52. The van der Waals surface area contributed by atoms with Gasteiger partial charge < -0.3 is 29.7 Å². The van der Waals surface area contributed by atoms with E-state index in [4.69, 9.17) is 14.2 Å². The first-order valence-corrected chi connectivity index (χ1v) is 16.5. The van der Waals surface area contributed by atoms with Gasteiger partial charge in [-0.2, -0.15) is 0 Å². The van der Waals surface area contributed by atoms with Gasteiger partial charge in [0.25, 0.3) is 0 Å². The normalized spacial score (nSPS) is 31.0. The van der Waals surface area contributed by atoms with Crippen LogP contribution in [0.15, 0.2) is 37.1 Å². The van der Waals surface area contributed by atoms with Crippen LogP contribution in [0.1, 0.15) is 70.8 Å². The molecule has 0 radical (unpaired) electrons. The van der Waals surface area contributed by atoms with Crippen LogP contribution in [-0.4, -0.2) is 71.8 Å². The molecule has 1 saturated heterocycles. The Morgan fingerprint density at radius 1 is 1.22 bits per heavy atom. The molecule has 0 spiro atoms. The minimum Gasteiger partial charge on any atom is -0.496 e. The van der Waals surface area contributed by atoms with Crippen LogP contribution in [-0.2, 0) is 20.7 Å². The number of pyridine rings is 1. The number of alkyl carbamates (subject to hydrolysis) is 1. The maximum atomic E-state index is 14.4. The highest BCUT2D eigenvalue weighted by Crippen LogP contribution is 2.44. The van der Waals surface area contributed by atoms with Crippen LogP contribution in [0.5, 0.6) is 11.6 Å². The van der Waals surface area contributed by atoms with Crippen LogP contribution in [0, 0.1) is 17.8 Å². The van der Waals surface area contributed by atoms with Crippen molar-refractivity contribution in [3.05, 3.63) is 42.6 Å². The van der Waals surface area contributed by atoms with Crippen molar-refractivity contribution in [1.29, 1.82) is 0 Å². The summed E-state index contributed by atoms with van der Waals surface area (Å²) >= 11 is 0. The molecule has 10 nitrogen and oxygen atoms in total. The number of ether oxygens (including phenoxy) is 3. The number of aryl methyl sites for hydroxylation is 1. The van der Waals surface area contributed by atoms with Crippen LogP contribution in [0.2, 0.25) is 0 Å². The Morgan fingerprint density at radius 2 is 2.02 bits per heavy atom. The minimum atomic E-state index is -0.772. The zero-order valence-corrected chi connectivity index (χ0v) is 26.7. The summed E-state index contributed by atoms with van der Waals surface area (Å²) in [6.07, 6.45) is 9.83. The second kappa shape index (κ2) is 12.9. The summed E-state index contributed by atoms with van der Waals surface area (Å²) in [5, 5.41) is 7.92. The second-order valence-electron chi connectivity index (χ2n) is 13.7. The van der Waals surface area contributed by atoms with Gasteiger partial charge in [0, 0.05) is 29.5 Å². The summed E-state index contributed by atoms with van der Waals surface area (Å²) in [5.74, 6) is 1.10. The molecule has 3 heterocycles. The Hall–Kier alpha value is -3.82. The Bertz CT molecular complexity index is 1460. The van der Waals surface area contributed by atoms with Gasteiger partial charge in [-0.25, -0.2) is 9.78 Å². The number of carbonyl (C=O) groups excluding carboxylic acids is 3. The van der Waals surface area contributed by atoms with Gasteiger partial charge in [0.05, 0.1) is 20.3 Å². The Kier molecular flexibility index (Phi) is 8.93. The number of rotatable bonds is 5. The van der Waals surface area contributed by atoms with E-state index in [0.717, 1.165) is 73.5 Å². The fourth-order valence-electron chi connectivity index (χ4n) is 7.44. The number of cyclic esters (lactones) is 1. The number of methoxy groups -OCH3 is 1. The number of benzene rings is 1. The van der Waals surface area contributed by atoms with E-state index < -0.39 is 24.3 Å². The summed E-state index contributed by atoms with van der Waals surface area (Å²) in [6, 6.07) is 4.50. The van der Waals surface area contributed by atoms with E-state index in [1.807, 2.05) is 25.1 Å². The van der Waals surface area contributed by atoms with Gasteiger partial charge in [-0.3, -0.25) is 9.59 Å². The summed E-state index contributed by atoms with van der Waals surface area (Å²) < 4.78 is 17.9. The number of nitrogens with one attached hydrogen (secondary N) is 2. The summed E-state index contributed by atoms with van der Waals surface area (Å²) in [6.45, 7) is 8.42. The molecule has 4 bridgehead atoms. The van der Waals surface area contributed by atoms with Crippen molar-refractivity contribution in [3.8, 4) is 11.6 Å². The molecule has 2 aromatic rings. The van der Waals surface area contributed by atoms with Crippen molar-refractivity contribution in [2.45, 2.75) is 95.4 Å². The van der Waals surface area contributed by atoms with Crippen LogP contribution < -0.4 is 20.1 Å². The van der Waals surface area contributed by atoms with E-state index in [2.05, 4.69) is 35.2 Å². The largest absolute Gasteiger partial charge is 0.496 e. The molecule has 2 N–H and O–H groups in total. The highest BCUT2D eigenvalue weighted by molar-refractivity contribution is 5.93. The van der Waals surface area contributed by atoms with E-state index in [-0.39, 0.29) is 48.3 Å². The average molecular weight is 619 g/mol. The zero-order valence-electron chi connectivity index (χ0n) is 26.7. The van der Waals surface area contributed by atoms with Gasteiger partial charge in [0.2, 0.25) is 17.7 Å². The monoisotopic (exact) mass is 618 g/mol. The number of amides is 3. The third-order valence-electron chi connectivity index (χ3n) is 10.3. The molecule has 1 aromatic carbocycles. The molecule has 6 rings (SSSR count). The lowest BCUT2D eigenvalue weighted by Crippen LogP contribution is -2.56. The first kappa shape index (κ1) is 31.2. The van der Waals surface area contributed by atoms with E-state index in [1.54, 1.807) is 18.2 Å². The molecule has 2 unspecified atom stereocenters. The maximum Gasteiger partial charge on any atom is 0.407 e. The Labute approximate surface area is 265 Å². The van der Waals surface area contributed by atoms with Gasteiger partial charge in [-0.1, -0.05) is 25.8 Å². The van der Waals surface area contributed by atoms with Gasteiger partial charge in [-0.15, -0.1) is 6.58 Å². The van der Waals surface area contributed by atoms with Crippen molar-refractivity contribution in [3.63, 3.8) is 0 Å². The lowest BCUT2D eigenvalue weighted by molar-refractivity contribution is -0.141. The van der Waals surface area contributed by atoms with E-state index in [0.29, 0.717) is 12.3 Å². The number of aromatic nitrogens is 1. The zero-order chi connectivity index (χ0) is 31.7. The number of hydrogen-bond donors (Lipinski definition) is 2. The van der Waals surface area contributed by atoms with Gasteiger partial charge in [-0.05, 0) is 86.4 Å². The van der Waals surface area contributed by atoms with Crippen LogP contribution in [0.25, 0.3) is 10.8 Å². The SMILES string of the molecule is C=CC1CC1(C)NC(=O)[C@@H]1C[C@@H]2CN1C(=O)[C@H](C1CCCC1)NC(=O)OC[C@@H](C)CCCc1cc3c(nccc3cc1OC)O2. The topological polar surface area (TPSA) is 119 Å². The van der Waals surface area contributed by atoms with Gasteiger partial charge in [0.1, 0.15) is 23.9 Å².